The van der Waals surface area contributed by atoms with Gasteiger partial charge in [0.1, 0.15) is 0 Å². The lowest BCUT2D eigenvalue weighted by Gasteiger charge is -2.19. The van der Waals surface area contributed by atoms with Gasteiger partial charge in [0.25, 0.3) is 5.56 Å². The minimum Gasteiger partial charge on any atom is -0.392 e. The van der Waals surface area contributed by atoms with Crippen molar-refractivity contribution < 1.29 is 9.90 Å². The average Bonchev–Trinajstić information content (AvgIpc) is 2.55. The number of aliphatic hydroxyl groups is 1. The second-order valence-electron chi connectivity index (χ2n) is 5.87. The summed E-state index contributed by atoms with van der Waals surface area (Å²) in [6.45, 7) is 2.86. The number of aromatic nitrogens is 1. The number of carbonyl (C=O) groups is 1. The van der Waals surface area contributed by atoms with Crippen molar-refractivity contribution in [1.29, 1.82) is 0 Å². The third kappa shape index (κ3) is 5.24. The Morgan fingerprint density at radius 3 is 2.50 bits per heavy atom. The molecule has 0 saturated carbocycles. The van der Waals surface area contributed by atoms with Crippen molar-refractivity contribution in [1.82, 2.24) is 14.8 Å². The molecule has 1 atom stereocenters. The molecule has 128 valence electrons. The molecule has 1 heterocycles. The third-order valence-electron chi connectivity index (χ3n) is 3.60. The fourth-order valence-corrected chi connectivity index (χ4v) is 2.34. The minimum atomic E-state index is -0.554. The molecule has 1 unspecified atom stereocenters. The van der Waals surface area contributed by atoms with E-state index in [4.69, 9.17) is 0 Å². The van der Waals surface area contributed by atoms with Crippen LogP contribution < -0.4 is 10.9 Å². The normalized spacial score (nSPS) is 11.8. The lowest BCUT2D eigenvalue weighted by molar-refractivity contribution is 0.143. The van der Waals surface area contributed by atoms with Crippen molar-refractivity contribution in [3.05, 3.63) is 70.1 Å². The van der Waals surface area contributed by atoms with Crippen LogP contribution in [0.25, 0.3) is 0 Å². The molecule has 0 aliphatic carbocycles. The molecule has 0 saturated heterocycles. The summed E-state index contributed by atoms with van der Waals surface area (Å²) in [4.78, 5) is 25.0. The Kier molecular flexibility index (Phi) is 6.14. The van der Waals surface area contributed by atoms with Gasteiger partial charge in [0.05, 0.1) is 12.6 Å². The maximum Gasteiger partial charge on any atom is 0.317 e. The van der Waals surface area contributed by atoms with Crippen molar-refractivity contribution >= 4 is 6.03 Å². The first kappa shape index (κ1) is 17.7. The Hall–Kier alpha value is -2.60. The topological polar surface area (TPSA) is 74.6 Å². The molecule has 24 heavy (non-hydrogen) atoms. The Balaban J connectivity index is 1.89. The van der Waals surface area contributed by atoms with E-state index in [-0.39, 0.29) is 18.1 Å². The summed E-state index contributed by atoms with van der Waals surface area (Å²) in [6, 6.07) is 12.6. The highest BCUT2D eigenvalue weighted by Gasteiger charge is 2.10. The highest BCUT2D eigenvalue weighted by molar-refractivity contribution is 5.73. The first-order chi connectivity index (χ1) is 11.5. The SMILES string of the molecule is CC(O)CN(C)C(=O)NCc1ccc(Cn2ccccc2=O)cc1. The summed E-state index contributed by atoms with van der Waals surface area (Å²) in [5.41, 5.74) is 1.96. The third-order valence-corrected chi connectivity index (χ3v) is 3.60. The van der Waals surface area contributed by atoms with Gasteiger partial charge in [0.2, 0.25) is 0 Å². The quantitative estimate of drug-likeness (QED) is 0.842. The Morgan fingerprint density at radius 2 is 1.88 bits per heavy atom. The largest absolute Gasteiger partial charge is 0.392 e. The Labute approximate surface area is 141 Å². The molecule has 2 amide bonds. The lowest BCUT2D eigenvalue weighted by Crippen LogP contribution is -2.40. The first-order valence-electron chi connectivity index (χ1n) is 7.86. The zero-order valence-corrected chi connectivity index (χ0v) is 14.0. The number of likely N-dealkylation sites (N-methyl/N-ethyl adjacent to an activating group) is 1. The van der Waals surface area contributed by atoms with Gasteiger partial charge in [-0.05, 0) is 24.1 Å². The van der Waals surface area contributed by atoms with Crippen molar-refractivity contribution in [3.8, 4) is 0 Å². The van der Waals surface area contributed by atoms with E-state index in [1.54, 1.807) is 30.8 Å². The van der Waals surface area contributed by atoms with E-state index in [0.29, 0.717) is 13.1 Å². The van der Waals surface area contributed by atoms with Gasteiger partial charge >= 0.3 is 6.03 Å². The number of hydrogen-bond donors (Lipinski definition) is 2. The minimum absolute atomic E-state index is 0.0324. The molecule has 0 aliphatic rings. The maximum atomic E-state index is 11.9. The summed E-state index contributed by atoms with van der Waals surface area (Å²) in [5, 5.41) is 12.1. The van der Waals surface area contributed by atoms with Crippen LogP contribution in [0.1, 0.15) is 18.1 Å². The molecule has 2 rings (SSSR count). The van der Waals surface area contributed by atoms with E-state index in [1.165, 1.54) is 11.0 Å². The van der Waals surface area contributed by atoms with Crippen LogP contribution in [-0.4, -0.2) is 40.3 Å². The molecule has 6 heteroatoms. The van der Waals surface area contributed by atoms with Crippen LogP contribution in [-0.2, 0) is 13.1 Å². The number of amides is 2. The van der Waals surface area contributed by atoms with Gasteiger partial charge in [-0.1, -0.05) is 30.3 Å². The van der Waals surface area contributed by atoms with Crippen LogP contribution in [0.5, 0.6) is 0 Å². The monoisotopic (exact) mass is 329 g/mol. The molecule has 0 bridgehead atoms. The van der Waals surface area contributed by atoms with E-state index in [9.17, 15) is 14.7 Å². The number of aliphatic hydroxyl groups excluding tert-OH is 1. The molecule has 1 aromatic heterocycles. The maximum absolute atomic E-state index is 11.9. The van der Waals surface area contributed by atoms with E-state index in [1.807, 2.05) is 30.3 Å². The fraction of sp³-hybridized carbons (Fsp3) is 0.333. The Bertz CT molecular complexity index is 723. The summed E-state index contributed by atoms with van der Waals surface area (Å²) in [7, 11) is 1.64. The molecule has 2 N–H and O–H groups in total. The van der Waals surface area contributed by atoms with E-state index in [0.717, 1.165) is 11.1 Å². The summed E-state index contributed by atoms with van der Waals surface area (Å²) < 4.78 is 1.64. The second-order valence-corrected chi connectivity index (χ2v) is 5.87. The number of carbonyl (C=O) groups excluding carboxylic acids is 1. The fourth-order valence-electron chi connectivity index (χ4n) is 2.34. The predicted octanol–water partition coefficient (Wildman–Crippen LogP) is 1.42. The zero-order chi connectivity index (χ0) is 17.5. The zero-order valence-electron chi connectivity index (χ0n) is 14.0. The van der Waals surface area contributed by atoms with Crippen molar-refractivity contribution in [2.75, 3.05) is 13.6 Å². The summed E-state index contributed by atoms with van der Waals surface area (Å²) in [5.74, 6) is 0. The Morgan fingerprint density at radius 1 is 1.21 bits per heavy atom. The van der Waals surface area contributed by atoms with Crippen LogP contribution in [0.4, 0.5) is 4.79 Å². The van der Waals surface area contributed by atoms with E-state index >= 15 is 0 Å². The standard InChI is InChI=1S/C18H23N3O3/c1-14(22)12-20(2)18(24)19-11-15-6-8-16(9-7-15)13-21-10-4-3-5-17(21)23/h3-10,14,22H,11-13H2,1-2H3,(H,19,24). The van der Waals surface area contributed by atoms with Crippen LogP contribution in [0, 0.1) is 0 Å². The van der Waals surface area contributed by atoms with Gasteiger partial charge in [0.15, 0.2) is 0 Å². The molecular weight excluding hydrogens is 306 g/mol. The van der Waals surface area contributed by atoms with Crippen LogP contribution >= 0.6 is 0 Å². The number of urea groups is 1. The van der Waals surface area contributed by atoms with E-state index in [2.05, 4.69) is 5.32 Å². The van der Waals surface area contributed by atoms with Gasteiger partial charge < -0.3 is 19.9 Å². The highest BCUT2D eigenvalue weighted by atomic mass is 16.3. The number of benzene rings is 1. The second kappa shape index (κ2) is 8.31. The molecule has 0 spiro atoms. The van der Waals surface area contributed by atoms with Gasteiger partial charge in [-0.25, -0.2) is 4.79 Å². The number of rotatable bonds is 6. The van der Waals surface area contributed by atoms with Gasteiger partial charge in [-0.3, -0.25) is 4.79 Å². The molecule has 6 nitrogen and oxygen atoms in total. The number of nitrogens with one attached hydrogen (secondary N) is 1. The highest BCUT2D eigenvalue weighted by Crippen LogP contribution is 2.06. The molecule has 0 fully saturated rings. The molecular formula is C18H23N3O3. The van der Waals surface area contributed by atoms with E-state index < -0.39 is 6.10 Å². The van der Waals surface area contributed by atoms with Crippen molar-refractivity contribution in [2.24, 2.45) is 0 Å². The lowest BCUT2D eigenvalue weighted by atomic mass is 10.1. The molecule has 2 aromatic rings. The van der Waals surface area contributed by atoms with Crippen LogP contribution in [0.15, 0.2) is 53.5 Å². The molecule has 1 aromatic carbocycles. The average molecular weight is 329 g/mol. The first-order valence-corrected chi connectivity index (χ1v) is 7.86. The van der Waals surface area contributed by atoms with Crippen LogP contribution in [0.3, 0.4) is 0 Å². The van der Waals surface area contributed by atoms with Gasteiger partial charge in [-0.15, -0.1) is 0 Å². The van der Waals surface area contributed by atoms with Gasteiger partial charge in [-0.2, -0.15) is 0 Å². The molecule has 0 radical (unpaired) electrons. The molecule has 0 aliphatic heterocycles. The number of hydrogen-bond acceptors (Lipinski definition) is 3. The van der Waals surface area contributed by atoms with Crippen molar-refractivity contribution in [2.45, 2.75) is 26.1 Å². The summed E-state index contributed by atoms with van der Waals surface area (Å²) >= 11 is 0. The summed E-state index contributed by atoms with van der Waals surface area (Å²) in [6.07, 6.45) is 1.20. The van der Waals surface area contributed by atoms with Crippen LogP contribution in [0.2, 0.25) is 0 Å². The predicted molar refractivity (Wildman–Crippen MR) is 92.8 cm³/mol. The number of nitrogens with zero attached hydrogens (tertiary/aromatic N) is 2. The van der Waals surface area contributed by atoms with Gasteiger partial charge in [0, 0.05) is 32.4 Å². The van der Waals surface area contributed by atoms with Crippen molar-refractivity contribution in [3.63, 3.8) is 0 Å². The number of pyridine rings is 1. The smallest absolute Gasteiger partial charge is 0.317 e.